The number of anilines is 2. The average Bonchev–Trinajstić information content (AvgIpc) is 3.40. The normalized spacial score (nSPS) is 13.7. The Morgan fingerprint density at radius 2 is 1.73 bits per heavy atom. The fraction of sp³-hybridized carbons (Fsp3) is 0.250. The minimum Gasteiger partial charge on any atom is -0.465 e. The standard InChI is InChI=1S/C36H35N3O5/c1-23-7-9-26(10-8-23)27-11-13-32-31(20-27)24(2)34(44-32)35(40)38-29-12-14-33(37-21-29)39-17-15-30(16-18-39)43-22-25-5-4-6-28(19-25)36(41)42-3/h4-14,19-21,30H,15-18,22H2,1-3H3,(H,38,40). The first kappa shape index (κ1) is 29.1. The molecule has 8 heteroatoms. The van der Waals surface area contributed by atoms with E-state index in [-0.39, 0.29) is 18.0 Å². The van der Waals surface area contributed by atoms with Crippen molar-refractivity contribution < 1.29 is 23.5 Å². The number of nitrogens with one attached hydrogen (secondary N) is 1. The van der Waals surface area contributed by atoms with E-state index in [0.717, 1.165) is 59.4 Å². The summed E-state index contributed by atoms with van der Waals surface area (Å²) < 4.78 is 16.9. The fourth-order valence-corrected chi connectivity index (χ4v) is 5.57. The lowest BCUT2D eigenvalue weighted by molar-refractivity contribution is 0.0250. The number of furan rings is 1. The number of esters is 1. The highest BCUT2D eigenvalue weighted by atomic mass is 16.5. The van der Waals surface area contributed by atoms with Gasteiger partial charge in [0.05, 0.1) is 37.3 Å². The maximum absolute atomic E-state index is 13.2. The number of pyridine rings is 1. The number of piperidine rings is 1. The lowest BCUT2D eigenvalue weighted by Crippen LogP contribution is -2.37. The largest absolute Gasteiger partial charge is 0.465 e. The number of rotatable bonds is 8. The number of ether oxygens (including phenoxy) is 2. The van der Waals surface area contributed by atoms with Crippen molar-refractivity contribution in [3.8, 4) is 11.1 Å². The fourth-order valence-electron chi connectivity index (χ4n) is 5.57. The molecule has 8 nitrogen and oxygen atoms in total. The van der Waals surface area contributed by atoms with Gasteiger partial charge in [-0.15, -0.1) is 0 Å². The molecule has 0 aliphatic carbocycles. The number of hydrogen-bond acceptors (Lipinski definition) is 7. The number of benzene rings is 3. The molecule has 224 valence electrons. The number of nitrogens with zero attached hydrogens (tertiary/aromatic N) is 2. The highest BCUT2D eigenvalue weighted by Crippen LogP contribution is 2.31. The Bertz CT molecular complexity index is 1790. The Morgan fingerprint density at radius 3 is 2.45 bits per heavy atom. The highest BCUT2D eigenvalue weighted by Gasteiger charge is 2.22. The van der Waals surface area contributed by atoms with Crippen LogP contribution in [0.1, 0.15) is 50.4 Å². The second-order valence-corrected chi connectivity index (χ2v) is 11.2. The second kappa shape index (κ2) is 12.7. The lowest BCUT2D eigenvalue weighted by Gasteiger charge is -2.32. The molecule has 0 spiro atoms. The second-order valence-electron chi connectivity index (χ2n) is 11.2. The topological polar surface area (TPSA) is 93.9 Å². The maximum atomic E-state index is 13.2. The van der Waals surface area contributed by atoms with Gasteiger partial charge in [0.2, 0.25) is 0 Å². The van der Waals surface area contributed by atoms with Crippen LogP contribution >= 0.6 is 0 Å². The van der Waals surface area contributed by atoms with Crippen LogP contribution < -0.4 is 10.2 Å². The van der Waals surface area contributed by atoms with E-state index in [4.69, 9.17) is 13.9 Å². The van der Waals surface area contributed by atoms with E-state index < -0.39 is 0 Å². The molecule has 2 aromatic heterocycles. The molecule has 1 aliphatic heterocycles. The van der Waals surface area contributed by atoms with Gasteiger partial charge in [0.15, 0.2) is 5.76 Å². The molecule has 1 aliphatic rings. The third kappa shape index (κ3) is 6.35. The maximum Gasteiger partial charge on any atom is 0.337 e. The van der Waals surface area contributed by atoms with Crippen molar-refractivity contribution in [3.05, 3.63) is 113 Å². The first-order valence-corrected chi connectivity index (χ1v) is 14.8. The van der Waals surface area contributed by atoms with Crippen molar-refractivity contribution in [3.63, 3.8) is 0 Å². The van der Waals surface area contributed by atoms with Gasteiger partial charge >= 0.3 is 5.97 Å². The predicted octanol–water partition coefficient (Wildman–Crippen LogP) is 7.34. The van der Waals surface area contributed by atoms with Crippen LogP contribution in [0.3, 0.4) is 0 Å². The van der Waals surface area contributed by atoms with Gasteiger partial charge in [-0.1, -0.05) is 48.0 Å². The summed E-state index contributed by atoms with van der Waals surface area (Å²) in [7, 11) is 1.38. The van der Waals surface area contributed by atoms with Crippen molar-refractivity contribution in [2.45, 2.75) is 39.4 Å². The quantitative estimate of drug-likeness (QED) is 0.189. The number of carbonyl (C=O) groups excluding carboxylic acids is 2. The van der Waals surface area contributed by atoms with Gasteiger partial charge in [-0.3, -0.25) is 4.79 Å². The number of carbonyl (C=O) groups is 2. The summed E-state index contributed by atoms with van der Waals surface area (Å²) >= 11 is 0. The van der Waals surface area contributed by atoms with Gasteiger partial charge in [-0.05, 0) is 79.8 Å². The van der Waals surface area contributed by atoms with E-state index in [2.05, 4.69) is 52.5 Å². The molecule has 6 rings (SSSR count). The number of aryl methyl sites for hydroxylation is 2. The predicted molar refractivity (Wildman–Crippen MR) is 171 cm³/mol. The Labute approximate surface area is 256 Å². The summed E-state index contributed by atoms with van der Waals surface area (Å²) in [4.78, 5) is 31.8. The van der Waals surface area contributed by atoms with E-state index in [9.17, 15) is 9.59 Å². The molecule has 0 unspecified atom stereocenters. The average molecular weight is 590 g/mol. The Kier molecular flexibility index (Phi) is 8.43. The first-order chi connectivity index (χ1) is 21.4. The SMILES string of the molecule is COC(=O)c1cccc(COC2CCN(c3ccc(NC(=O)c4oc5ccc(-c6ccc(C)cc6)cc5c4C)cn3)CC2)c1. The Hall–Kier alpha value is -4.95. The van der Waals surface area contributed by atoms with Crippen molar-refractivity contribution in [1.29, 1.82) is 0 Å². The van der Waals surface area contributed by atoms with Crippen molar-refractivity contribution in [2.75, 3.05) is 30.4 Å². The molecule has 3 heterocycles. The third-order valence-electron chi connectivity index (χ3n) is 8.13. The van der Waals surface area contributed by atoms with Crippen LogP contribution in [-0.2, 0) is 16.1 Å². The molecule has 0 radical (unpaired) electrons. The van der Waals surface area contributed by atoms with Crippen molar-refractivity contribution in [1.82, 2.24) is 4.98 Å². The van der Waals surface area contributed by atoms with E-state index in [1.54, 1.807) is 12.3 Å². The molecule has 1 saturated heterocycles. The number of fused-ring (bicyclic) bond motifs is 1. The Morgan fingerprint density at radius 1 is 0.955 bits per heavy atom. The molecule has 0 saturated carbocycles. The van der Waals surface area contributed by atoms with Crippen LogP contribution in [0.2, 0.25) is 0 Å². The van der Waals surface area contributed by atoms with Gasteiger partial charge in [0.1, 0.15) is 11.4 Å². The molecular formula is C36H35N3O5. The number of methoxy groups -OCH3 is 1. The monoisotopic (exact) mass is 589 g/mol. The first-order valence-electron chi connectivity index (χ1n) is 14.8. The number of hydrogen-bond donors (Lipinski definition) is 1. The molecular weight excluding hydrogens is 554 g/mol. The van der Waals surface area contributed by atoms with Crippen LogP contribution in [0.4, 0.5) is 11.5 Å². The minimum atomic E-state index is -0.351. The number of aromatic nitrogens is 1. The summed E-state index contributed by atoms with van der Waals surface area (Å²) in [6, 6.07) is 25.5. The van der Waals surface area contributed by atoms with E-state index in [1.165, 1.54) is 12.7 Å². The molecule has 1 amide bonds. The minimum absolute atomic E-state index is 0.131. The summed E-state index contributed by atoms with van der Waals surface area (Å²) in [5.41, 5.74) is 6.96. The van der Waals surface area contributed by atoms with Crippen molar-refractivity contribution >= 4 is 34.4 Å². The zero-order valence-corrected chi connectivity index (χ0v) is 25.1. The van der Waals surface area contributed by atoms with Crippen LogP contribution in [-0.4, -0.2) is 43.2 Å². The van der Waals surface area contributed by atoms with Gasteiger partial charge in [0, 0.05) is 24.0 Å². The van der Waals surface area contributed by atoms with Crippen LogP contribution in [0.25, 0.3) is 22.1 Å². The summed E-state index contributed by atoms with van der Waals surface area (Å²) in [5, 5.41) is 3.85. The molecule has 1 N–H and O–H groups in total. The van der Waals surface area contributed by atoms with Gasteiger partial charge < -0.3 is 24.1 Å². The van der Waals surface area contributed by atoms with Crippen LogP contribution in [0.15, 0.2) is 89.5 Å². The zero-order valence-electron chi connectivity index (χ0n) is 25.1. The smallest absolute Gasteiger partial charge is 0.337 e. The molecule has 0 bridgehead atoms. The van der Waals surface area contributed by atoms with E-state index in [1.807, 2.05) is 49.4 Å². The lowest BCUT2D eigenvalue weighted by atomic mass is 10.0. The molecule has 44 heavy (non-hydrogen) atoms. The molecule has 1 fully saturated rings. The molecule has 3 aromatic carbocycles. The van der Waals surface area contributed by atoms with Gasteiger partial charge in [0.25, 0.3) is 5.91 Å². The van der Waals surface area contributed by atoms with Crippen LogP contribution in [0, 0.1) is 13.8 Å². The zero-order chi connectivity index (χ0) is 30.6. The van der Waals surface area contributed by atoms with Gasteiger partial charge in [-0.2, -0.15) is 0 Å². The number of amides is 1. The Balaban J connectivity index is 1.04. The molecule has 0 atom stereocenters. The third-order valence-corrected chi connectivity index (χ3v) is 8.13. The highest BCUT2D eigenvalue weighted by molar-refractivity contribution is 6.06. The van der Waals surface area contributed by atoms with E-state index >= 15 is 0 Å². The van der Waals surface area contributed by atoms with Crippen LogP contribution in [0.5, 0.6) is 0 Å². The summed E-state index contributed by atoms with van der Waals surface area (Å²) in [6.45, 7) is 6.05. The summed E-state index contributed by atoms with van der Waals surface area (Å²) in [6.07, 6.45) is 3.55. The van der Waals surface area contributed by atoms with Crippen molar-refractivity contribution in [2.24, 2.45) is 0 Å². The summed E-state index contributed by atoms with van der Waals surface area (Å²) in [5.74, 6) is 0.496. The molecule has 5 aromatic rings. The van der Waals surface area contributed by atoms with E-state index in [0.29, 0.717) is 29.2 Å². The van der Waals surface area contributed by atoms with Gasteiger partial charge in [-0.25, -0.2) is 9.78 Å².